The molecule has 0 atom stereocenters. The fourth-order valence-corrected chi connectivity index (χ4v) is 3.51. The predicted octanol–water partition coefficient (Wildman–Crippen LogP) is 3.48. The molecule has 1 saturated heterocycles. The Balaban J connectivity index is 2.18. The number of nitrogens with zero attached hydrogens (tertiary/aromatic N) is 2. The van der Waals surface area contributed by atoms with Gasteiger partial charge in [0.05, 0.1) is 23.8 Å². The Morgan fingerprint density at radius 1 is 1.50 bits per heavy atom. The predicted molar refractivity (Wildman–Crippen MR) is 81.9 cm³/mol. The van der Waals surface area contributed by atoms with Gasteiger partial charge in [-0.05, 0) is 19.4 Å². The molecular formula is C13H19BrN2OS. The fraction of sp³-hybridized carbons (Fsp3) is 0.615. The van der Waals surface area contributed by atoms with Crippen LogP contribution in [0.25, 0.3) is 6.08 Å². The van der Waals surface area contributed by atoms with Gasteiger partial charge in [-0.1, -0.05) is 39.8 Å². The molecule has 0 radical (unpaired) electrons. The molecule has 0 aliphatic carbocycles. The van der Waals surface area contributed by atoms with Crippen molar-refractivity contribution in [2.75, 3.05) is 36.5 Å². The number of morpholine rings is 1. The lowest BCUT2D eigenvalue weighted by atomic mass is 10.2. The number of hydrogen-bond donors (Lipinski definition) is 0. The van der Waals surface area contributed by atoms with Crippen LogP contribution in [0.4, 0.5) is 5.13 Å². The van der Waals surface area contributed by atoms with Crippen LogP contribution in [-0.2, 0) is 4.74 Å². The minimum absolute atomic E-state index is 0.811. The maximum atomic E-state index is 5.37. The maximum absolute atomic E-state index is 5.37. The number of aryl methyl sites for hydroxylation is 1. The van der Waals surface area contributed by atoms with Gasteiger partial charge < -0.3 is 9.64 Å². The summed E-state index contributed by atoms with van der Waals surface area (Å²) in [6.45, 7) is 7.81. The monoisotopic (exact) mass is 330 g/mol. The van der Waals surface area contributed by atoms with E-state index in [1.165, 1.54) is 10.5 Å². The highest BCUT2D eigenvalue weighted by molar-refractivity contribution is 9.09. The van der Waals surface area contributed by atoms with E-state index in [1.54, 1.807) is 11.3 Å². The normalized spacial score (nSPS) is 17.3. The van der Waals surface area contributed by atoms with Crippen molar-refractivity contribution < 1.29 is 4.74 Å². The average Bonchev–Trinajstić information content (AvgIpc) is 2.78. The molecule has 0 aromatic carbocycles. The van der Waals surface area contributed by atoms with Crippen LogP contribution < -0.4 is 4.90 Å². The van der Waals surface area contributed by atoms with Crippen molar-refractivity contribution in [3.05, 3.63) is 16.1 Å². The summed E-state index contributed by atoms with van der Waals surface area (Å²) in [5, 5.41) is 2.07. The number of rotatable bonds is 4. The SMILES string of the molecule is CCC(=Cc1sc(N2CCOCC2)nc1C)CBr. The first-order chi connectivity index (χ1) is 8.74. The minimum Gasteiger partial charge on any atom is -0.378 e. The second-order valence-corrected chi connectivity index (χ2v) is 5.91. The molecule has 1 aliphatic rings. The molecular weight excluding hydrogens is 312 g/mol. The minimum atomic E-state index is 0.811. The second-order valence-electron chi connectivity index (χ2n) is 4.34. The lowest BCUT2D eigenvalue weighted by Crippen LogP contribution is -2.36. The highest BCUT2D eigenvalue weighted by Crippen LogP contribution is 2.29. The number of aromatic nitrogens is 1. The van der Waals surface area contributed by atoms with Gasteiger partial charge in [-0.25, -0.2) is 4.98 Å². The van der Waals surface area contributed by atoms with Gasteiger partial charge in [0, 0.05) is 18.4 Å². The molecule has 0 bridgehead atoms. The van der Waals surface area contributed by atoms with Crippen LogP contribution in [0.15, 0.2) is 5.57 Å². The van der Waals surface area contributed by atoms with E-state index in [9.17, 15) is 0 Å². The Morgan fingerprint density at radius 2 is 2.22 bits per heavy atom. The van der Waals surface area contributed by atoms with Crippen LogP contribution in [0, 0.1) is 6.92 Å². The first kappa shape index (κ1) is 14.0. The highest BCUT2D eigenvalue weighted by atomic mass is 79.9. The third kappa shape index (κ3) is 3.33. The van der Waals surface area contributed by atoms with Crippen molar-refractivity contribution >= 4 is 38.5 Å². The van der Waals surface area contributed by atoms with Crippen LogP contribution in [0.1, 0.15) is 23.9 Å². The fourth-order valence-electron chi connectivity index (χ4n) is 1.84. The molecule has 18 heavy (non-hydrogen) atoms. The summed E-state index contributed by atoms with van der Waals surface area (Å²) in [7, 11) is 0. The van der Waals surface area contributed by atoms with Crippen LogP contribution in [0.3, 0.4) is 0 Å². The van der Waals surface area contributed by atoms with Gasteiger partial charge in [0.2, 0.25) is 0 Å². The van der Waals surface area contributed by atoms with Crippen LogP contribution in [0.2, 0.25) is 0 Å². The summed E-state index contributed by atoms with van der Waals surface area (Å²) < 4.78 is 5.37. The molecule has 1 aromatic rings. The molecule has 1 aliphatic heterocycles. The van der Waals surface area contributed by atoms with E-state index in [4.69, 9.17) is 4.74 Å². The first-order valence-electron chi connectivity index (χ1n) is 6.30. The molecule has 0 saturated carbocycles. The van der Waals surface area contributed by atoms with E-state index < -0.39 is 0 Å². The zero-order valence-electron chi connectivity index (χ0n) is 10.9. The van der Waals surface area contributed by atoms with Crippen molar-refractivity contribution in [1.82, 2.24) is 4.98 Å². The zero-order chi connectivity index (χ0) is 13.0. The molecule has 0 spiro atoms. The lowest BCUT2D eigenvalue weighted by molar-refractivity contribution is 0.122. The molecule has 1 fully saturated rings. The van der Waals surface area contributed by atoms with Crippen molar-refractivity contribution in [2.24, 2.45) is 0 Å². The third-order valence-electron chi connectivity index (χ3n) is 3.06. The molecule has 100 valence electrons. The lowest BCUT2D eigenvalue weighted by Gasteiger charge is -2.26. The maximum Gasteiger partial charge on any atom is 0.186 e. The first-order valence-corrected chi connectivity index (χ1v) is 8.24. The number of thiazole rings is 1. The standard InChI is InChI=1S/C13H19BrN2OS/c1-3-11(9-14)8-12-10(2)15-13(18-12)16-4-6-17-7-5-16/h8H,3-7,9H2,1-2H3. The summed E-state index contributed by atoms with van der Waals surface area (Å²) in [6, 6.07) is 0. The Bertz CT molecular complexity index is 419. The summed E-state index contributed by atoms with van der Waals surface area (Å²) in [5.41, 5.74) is 2.55. The van der Waals surface area contributed by atoms with Gasteiger partial charge in [0.25, 0.3) is 0 Å². The van der Waals surface area contributed by atoms with Gasteiger partial charge in [0.15, 0.2) is 5.13 Å². The summed E-state index contributed by atoms with van der Waals surface area (Å²) in [5.74, 6) is 0. The smallest absolute Gasteiger partial charge is 0.186 e. The van der Waals surface area contributed by atoms with E-state index in [0.717, 1.165) is 48.9 Å². The van der Waals surface area contributed by atoms with Gasteiger partial charge in [0.1, 0.15) is 0 Å². The van der Waals surface area contributed by atoms with Gasteiger partial charge in [-0.2, -0.15) is 0 Å². The Hall–Kier alpha value is -0.390. The van der Waals surface area contributed by atoms with E-state index >= 15 is 0 Å². The van der Waals surface area contributed by atoms with E-state index in [0.29, 0.717) is 0 Å². The Labute approximate surface area is 121 Å². The molecule has 1 aromatic heterocycles. The van der Waals surface area contributed by atoms with Crippen molar-refractivity contribution in [3.8, 4) is 0 Å². The zero-order valence-corrected chi connectivity index (χ0v) is 13.3. The summed E-state index contributed by atoms with van der Waals surface area (Å²) >= 11 is 5.32. The largest absolute Gasteiger partial charge is 0.378 e. The van der Waals surface area contributed by atoms with E-state index in [1.807, 2.05) is 0 Å². The van der Waals surface area contributed by atoms with Crippen molar-refractivity contribution in [2.45, 2.75) is 20.3 Å². The quantitative estimate of drug-likeness (QED) is 0.790. The second kappa shape index (κ2) is 6.68. The van der Waals surface area contributed by atoms with Gasteiger partial charge in [-0.3, -0.25) is 0 Å². The molecule has 3 nitrogen and oxygen atoms in total. The third-order valence-corrected chi connectivity index (χ3v) is 4.95. The number of hydrogen-bond acceptors (Lipinski definition) is 4. The summed E-state index contributed by atoms with van der Waals surface area (Å²) in [4.78, 5) is 8.29. The highest BCUT2D eigenvalue weighted by Gasteiger charge is 2.16. The van der Waals surface area contributed by atoms with Gasteiger partial charge in [-0.15, -0.1) is 0 Å². The number of halogens is 1. The number of anilines is 1. The number of ether oxygens (including phenoxy) is 1. The van der Waals surface area contributed by atoms with Crippen LogP contribution >= 0.6 is 27.3 Å². The average molecular weight is 331 g/mol. The molecule has 0 N–H and O–H groups in total. The summed E-state index contributed by atoms with van der Waals surface area (Å²) in [6.07, 6.45) is 3.35. The molecule has 2 rings (SSSR count). The molecule has 0 unspecified atom stereocenters. The molecule has 0 amide bonds. The number of allylic oxidation sites excluding steroid dienone is 1. The number of alkyl halides is 1. The van der Waals surface area contributed by atoms with E-state index in [-0.39, 0.29) is 0 Å². The molecule has 2 heterocycles. The van der Waals surface area contributed by atoms with Crippen molar-refractivity contribution in [1.29, 1.82) is 0 Å². The van der Waals surface area contributed by atoms with Crippen LogP contribution in [-0.4, -0.2) is 36.6 Å². The Morgan fingerprint density at radius 3 is 2.83 bits per heavy atom. The topological polar surface area (TPSA) is 25.4 Å². The Kier molecular flexibility index (Phi) is 5.21. The molecule has 5 heteroatoms. The van der Waals surface area contributed by atoms with E-state index in [2.05, 4.69) is 45.7 Å². The van der Waals surface area contributed by atoms with Crippen LogP contribution in [0.5, 0.6) is 0 Å². The van der Waals surface area contributed by atoms with Crippen molar-refractivity contribution in [3.63, 3.8) is 0 Å². The van der Waals surface area contributed by atoms with Gasteiger partial charge >= 0.3 is 0 Å².